The van der Waals surface area contributed by atoms with Gasteiger partial charge in [-0.25, -0.2) is 4.98 Å². The lowest BCUT2D eigenvalue weighted by molar-refractivity contribution is 0.00578. The van der Waals surface area contributed by atoms with E-state index in [0.717, 1.165) is 31.5 Å². The van der Waals surface area contributed by atoms with Gasteiger partial charge >= 0.3 is 7.12 Å². The molecule has 0 spiro atoms. The van der Waals surface area contributed by atoms with Gasteiger partial charge in [0.05, 0.1) is 11.2 Å². The number of pyridine rings is 1. The average molecular weight is 304 g/mol. The Kier molecular flexibility index (Phi) is 3.95. The maximum Gasteiger partial charge on any atom is 0.498 e. The number of anilines is 1. The number of aromatic nitrogens is 1. The standard InChI is InChI=1S/C16H25BN2O3/c1-15(2)16(3,4)22-17(21-15)13-9-12(10-19-14(13)18)11-5-7-20-8-6-11/h9-11H,5-8H2,1-4H3,(H2,18,19). The van der Waals surface area contributed by atoms with Crippen LogP contribution in [0.25, 0.3) is 0 Å². The van der Waals surface area contributed by atoms with Gasteiger partial charge in [0.15, 0.2) is 0 Å². The van der Waals surface area contributed by atoms with Gasteiger partial charge in [-0.2, -0.15) is 0 Å². The first kappa shape index (κ1) is 15.8. The molecule has 3 heterocycles. The van der Waals surface area contributed by atoms with Gasteiger partial charge in [0.2, 0.25) is 0 Å². The molecule has 2 fully saturated rings. The minimum absolute atomic E-state index is 0.376. The number of nitrogen functional groups attached to an aromatic ring is 1. The van der Waals surface area contributed by atoms with Gasteiger partial charge in [0, 0.05) is 24.9 Å². The molecule has 0 aromatic carbocycles. The van der Waals surface area contributed by atoms with E-state index in [1.807, 2.05) is 33.9 Å². The zero-order valence-electron chi connectivity index (χ0n) is 13.9. The molecule has 1 aromatic heterocycles. The molecule has 2 N–H and O–H groups in total. The van der Waals surface area contributed by atoms with Crippen molar-refractivity contribution in [3.8, 4) is 0 Å². The van der Waals surface area contributed by atoms with Gasteiger partial charge in [0.1, 0.15) is 5.82 Å². The minimum Gasteiger partial charge on any atom is -0.399 e. The van der Waals surface area contributed by atoms with E-state index in [-0.39, 0.29) is 11.2 Å². The van der Waals surface area contributed by atoms with Crippen LogP contribution in [0.1, 0.15) is 52.0 Å². The zero-order valence-corrected chi connectivity index (χ0v) is 13.9. The summed E-state index contributed by atoms with van der Waals surface area (Å²) in [5.74, 6) is 0.956. The van der Waals surface area contributed by atoms with Gasteiger partial charge in [0.25, 0.3) is 0 Å². The van der Waals surface area contributed by atoms with Gasteiger partial charge in [-0.3, -0.25) is 0 Å². The maximum absolute atomic E-state index is 6.11. The van der Waals surface area contributed by atoms with Crippen molar-refractivity contribution < 1.29 is 14.0 Å². The maximum atomic E-state index is 6.11. The van der Waals surface area contributed by atoms with Crippen molar-refractivity contribution in [2.75, 3.05) is 18.9 Å². The molecular weight excluding hydrogens is 279 g/mol. The van der Waals surface area contributed by atoms with Crippen molar-refractivity contribution in [3.05, 3.63) is 17.8 Å². The average Bonchev–Trinajstić information content (AvgIpc) is 2.69. The number of hydrogen-bond donors (Lipinski definition) is 1. The highest BCUT2D eigenvalue weighted by atomic mass is 16.7. The fourth-order valence-corrected chi connectivity index (χ4v) is 2.92. The highest BCUT2D eigenvalue weighted by Gasteiger charge is 2.52. The molecule has 2 aliphatic heterocycles. The summed E-state index contributed by atoms with van der Waals surface area (Å²) < 4.78 is 17.6. The number of hydrogen-bond acceptors (Lipinski definition) is 5. The Morgan fingerprint density at radius 2 is 1.73 bits per heavy atom. The van der Waals surface area contributed by atoms with Crippen molar-refractivity contribution in [2.45, 2.75) is 57.7 Å². The van der Waals surface area contributed by atoms with Crippen molar-refractivity contribution in [1.29, 1.82) is 0 Å². The molecule has 0 unspecified atom stereocenters. The van der Waals surface area contributed by atoms with Crippen LogP contribution in [0.3, 0.4) is 0 Å². The molecule has 22 heavy (non-hydrogen) atoms. The Labute approximate surface area is 132 Å². The van der Waals surface area contributed by atoms with Crippen molar-refractivity contribution in [2.24, 2.45) is 0 Å². The van der Waals surface area contributed by atoms with Crippen LogP contribution in [0, 0.1) is 0 Å². The summed E-state index contributed by atoms with van der Waals surface area (Å²) in [5.41, 5.74) is 7.36. The number of nitrogens with zero attached hydrogens (tertiary/aromatic N) is 1. The van der Waals surface area contributed by atoms with Crippen molar-refractivity contribution in [3.63, 3.8) is 0 Å². The summed E-state index contributed by atoms with van der Waals surface area (Å²) in [5, 5.41) is 0. The van der Waals surface area contributed by atoms with Crippen LogP contribution in [0.15, 0.2) is 12.3 Å². The van der Waals surface area contributed by atoms with E-state index in [1.165, 1.54) is 5.56 Å². The summed E-state index contributed by atoms with van der Waals surface area (Å²) in [4.78, 5) is 4.37. The molecule has 2 saturated heterocycles. The van der Waals surface area contributed by atoms with Crippen molar-refractivity contribution in [1.82, 2.24) is 4.98 Å². The highest BCUT2D eigenvalue weighted by Crippen LogP contribution is 2.37. The molecular formula is C16H25BN2O3. The Balaban J connectivity index is 1.88. The summed E-state index contributed by atoms with van der Waals surface area (Å²) in [6, 6.07) is 2.10. The van der Waals surface area contributed by atoms with Gasteiger partial charge in [-0.05, 0) is 52.0 Å². The second-order valence-electron chi connectivity index (χ2n) is 7.22. The Bertz CT molecular complexity index is 540. The van der Waals surface area contributed by atoms with E-state index in [2.05, 4.69) is 11.1 Å². The van der Waals surface area contributed by atoms with Crippen LogP contribution in [-0.4, -0.2) is 36.5 Å². The third-order valence-electron chi connectivity index (χ3n) is 5.17. The quantitative estimate of drug-likeness (QED) is 0.845. The predicted molar refractivity (Wildman–Crippen MR) is 87.2 cm³/mol. The van der Waals surface area contributed by atoms with E-state index in [9.17, 15) is 0 Å². The van der Waals surface area contributed by atoms with E-state index < -0.39 is 7.12 Å². The van der Waals surface area contributed by atoms with Crippen LogP contribution < -0.4 is 11.2 Å². The Morgan fingerprint density at radius 3 is 2.32 bits per heavy atom. The number of rotatable bonds is 2. The molecule has 0 aliphatic carbocycles. The second kappa shape index (κ2) is 5.51. The lowest BCUT2D eigenvalue weighted by atomic mass is 9.77. The second-order valence-corrected chi connectivity index (χ2v) is 7.22. The zero-order chi connectivity index (χ0) is 16.0. The normalized spacial score (nSPS) is 24.6. The first-order valence-electron chi connectivity index (χ1n) is 7.99. The topological polar surface area (TPSA) is 66.6 Å². The summed E-state index contributed by atoms with van der Waals surface area (Å²) in [7, 11) is -0.461. The highest BCUT2D eigenvalue weighted by molar-refractivity contribution is 6.63. The molecule has 6 heteroatoms. The van der Waals surface area contributed by atoms with Crippen molar-refractivity contribution >= 4 is 18.4 Å². The molecule has 3 rings (SSSR count). The SMILES string of the molecule is CC1(C)OB(c2cc(C3CCOCC3)cnc2N)OC1(C)C. The lowest BCUT2D eigenvalue weighted by Crippen LogP contribution is -2.41. The fraction of sp³-hybridized carbons (Fsp3) is 0.688. The lowest BCUT2D eigenvalue weighted by Gasteiger charge is -2.32. The summed E-state index contributed by atoms with van der Waals surface area (Å²) in [6.07, 6.45) is 3.92. The number of ether oxygens (including phenoxy) is 1. The van der Waals surface area contributed by atoms with E-state index >= 15 is 0 Å². The van der Waals surface area contributed by atoms with Crippen LogP contribution in [0.2, 0.25) is 0 Å². The molecule has 5 nitrogen and oxygen atoms in total. The molecule has 2 aliphatic rings. The third-order valence-corrected chi connectivity index (χ3v) is 5.17. The summed E-state index contributed by atoms with van der Waals surface area (Å²) in [6.45, 7) is 9.78. The Morgan fingerprint density at radius 1 is 1.14 bits per heavy atom. The van der Waals surface area contributed by atoms with Gasteiger partial charge < -0.3 is 19.8 Å². The first-order valence-corrected chi connectivity index (χ1v) is 7.99. The van der Waals surface area contributed by atoms with Gasteiger partial charge in [-0.15, -0.1) is 0 Å². The van der Waals surface area contributed by atoms with E-state index in [4.69, 9.17) is 19.8 Å². The smallest absolute Gasteiger partial charge is 0.399 e. The predicted octanol–water partition coefficient (Wildman–Crippen LogP) is 1.86. The molecule has 0 saturated carbocycles. The first-order chi connectivity index (χ1) is 10.3. The van der Waals surface area contributed by atoms with Crippen LogP contribution in [0.4, 0.5) is 5.82 Å². The monoisotopic (exact) mass is 304 g/mol. The van der Waals surface area contributed by atoms with Gasteiger partial charge in [-0.1, -0.05) is 6.07 Å². The molecule has 1 aromatic rings. The number of nitrogens with two attached hydrogens (primary N) is 1. The molecule has 0 radical (unpaired) electrons. The largest absolute Gasteiger partial charge is 0.498 e. The third kappa shape index (κ3) is 2.75. The van der Waals surface area contributed by atoms with Crippen LogP contribution in [-0.2, 0) is 14.0 Å². The summed E-state index contributed by atoms with van der Waals surface area (Å²) >= 11 is 0. The molecule has 120 valence electrons. The minimum atomic E-state index is -0.461. The van der Waals surface area contributed by atoms with E-state index in [0.29, 0.717) is 11.7 Å². The molecule has 0 atom stereocenters. The van der Waals surface area contributed by atoms with Crippen LogP contribution in [0.5, 0.6) is 0 Å². The van der Waals surface area contributed by atoms with E-state index in [1.54, 1.807) is 0 Å². The fourth-order valence-electron chi connectivity index (χ4n) is 2.92. The van der Waals surface area contributed by atoms with Crippen LogP contribution >= 0.6 is 0 Å². The Hall–Kier alpha value is -1.11. The molecule has 0 amide bonds. The molecule has 0 bridgehead atoms.